The van der Waals surface area contributed by atoms with Crippen molar-refractivity contribution in [3.05, 3.63) is 29.8 Å². The van der Waals surface area contributed by atoms with E-state index >= 15 is 0 Å². The van der Waals surface area contributed by atoms with E-state index in [9.17, 15) is 19.8 Å². The Bertz CT molecular complexity index is 1210. The van der Waals surface area contributed by atoms with Gasteiger partial charge in [-0.1, -0.05) is 46.2 Å². The molecule has 0 unspecified atom stereocenters. The van der Waals surface area contributed by atoms with Gasteiger partial charge < -0.3 is 20.3 Å². The van der Waals surface area contributed by atoms with Gasteiger partial charge in [-0.25, -0.2) is 4.79 Å². The highest BCUT2D eigenvalue weighted by Gasteiger charge is 2.64. The molecule has 4 aliphatic carbocycles. The third-order valence-electron chi connectivity index (χ3n) is 13.6. The predicted molar refractivity (Wildman–Crippen MR) is 179 cm³/mol. The lowest BCUT2D eigenvalue weighted by Crippen LogP contribution is -2.62. The number of nitrogens with one attached hydrogen (secondary N) is 2. The van der Waals surface area contributed by atoms with Crippen LogP contribution in [0.15, 0.2) is 29.2 Å². The Balaban J connectivity index is 1.14. The highest BCUT2D eigenvalue weighted by molar-refractivity contribution is 7.98. The van der Waals surface area contributed by atoms with E-state index in [2.05, 4.69) is 37.7 Å². The first-order chi connectivity index (χ1) is 21.3. The molecular formula is C37H58N2O5S. The molecule has 0 spiro atoms. The number of methoxy groups -OCH3 is 1. The summed E-state index contributed by atoms with van der Waals surface area (Å²) in [6.07, 6.45) is 9.14. The zero-order valence-corrected chi connectivity index (χ0v) is 29.4. The Kier molecular flexibility index (Phi) is 10.3. The van der Waals surface area contributed by atoms with Gasteiger partial charge in [0.1, 0.15) is 0 Å². The van der Waals surface area contributed by atoms with Crippen LogP contribution >= 0.6 is 11.9 Å². The second kappa shape index (κ2) is 13.4. The topological polar surface area (TPSA) is 108 Å². The van der Waals surface area contributed by atoms with E-state index < -0.39 is 5.41 Å². The number of aliphatic hydroxyl groups is 2. The van der Waals surface area contributed by atoms with Crippen LogP contribution in [0.1, 0.15) is 105 Å². The summed E-state index contributed by atoms with van der Waals surface area (Å²) in [5.74, 6) is 2.99. The molecule has 8 heteroatoms. The molecule has 2 amide bonds. The maximum Gasteiger partial charge on any atom is 0.325 e. The minimum absolute atomic E-state index is 0.196. The van der Waals surface area contributed by atoms with Crippen molar-refractivity contribution in [2.24, 2.45) is 52.3 Å². The average Bonchev–Trinajstić information content (AvgIpc) is 3.38. The number of amides is 2. The van der Waals surface area contributed by atoms with Crippen LogP contribution in [0.3, 0.4) is 0 Å². The van der Waals surface area contributed by atoms with Gasteiger partial charge in [0.2, 0.25) is 0 Å². The van der Waals surface area contributed by atoms with Crippen molar-refractivity contribution in [2.75, 3.05) is 13.7 Å². The smallest absolute Gasteiger partial charge is 0.325 e. The number of aliphatic hydroxyl groups excluding tert-OH is 2. The summed E-state index contributed by atoms with van der Waals surface area (Å²) < 4.78 is 7.82. The molecule has 4 aliphatic rings. The van der Waals surface area contributed by atoms with Crippen LogP contribution in [-0.2, 0) is 14.9 Å². The summed E-state index contributed by atoms with van der Waals surface area (Å²) in [6.45, 7) is 13.9. The molecule has 45 heavy (non-hydrogen) atoms. The minimum Gasteiger partial charge on any atom is -0.468 e. The van der Waals surface area contributed by atoms with Crippen molar-refractivity contribution in [3.8, 4) is 0 Å². The Morgan fingerprint density at radius 2 is 1.69 bits per heavy atom. The SMILES string of the molecule is CC[C@H]1[C@@H](O)[C@@H]2[C@H](CC[C@]3(C)[C@@H]([C@H](C)CCNC(=O)NSc4ccc(C(C)(C)C(=O)OC)cc4)CC[C@@H]23)[C@@]2(C)CC[C@@H](O)C[C@@H]12. The number of urea groups is 1. The molecule has 0 aromatic heterocycles. The van der Waals surface area contributed by atoms with Gasteiger partial charge in [0.15, 0.2) is 0 Å². The number of ether oxygens (including phenoxy) is 1. The van der Waals surface area contributed by atoms with E-state index in [0.29, 0.717) is 42.1 Å². The van der Waals surface area contributed by atoms with Gasteiger partial charge in [-0.3, -0.25) is 9.52 Å². The average molecular weight is 643 g/mol. The fourth-order valence-corrected chi connectivity index (χ4v) is 11.6. The van der Waals surface area contributed by atoms with Crippen molar-refractivity contribution in [3.63, 3.8) is 0 Å². The molecule has 0 radical (unpaired) electrons. The Morgan fingerprint density at radius 3 is 2.36 bits per heavy atom. The molecule has 0 aliphatic heterocycles. The first kappa shape index (κ1) is 34.6. The van der Waals surface area contributed by atoms with E-state index in [1.807, 2.05) is 38.1 Å². The first-order valence-electron chi connectivity index (χ1n) is 17.5. The number of carbonyl (C=O) groups excluding carboxylic acids is 2. The molecule has 7 nitrogen and oxygen atoms in total. The summed E-state index contributed by atoms with van der Waals surface area (Å²) in [5, 5.41) is 25.6. The van der Waals surface area contributed by atoms with Crippen LogP contribution < -0.4 is 10.0 Å². The lowest BCUT2D eigenvalue weighted by atomic mass is 9.41. The molecule has 4 N–H and O–H groups in total. The highest BCUT2D eigenvalue weighted by atomic mass is 32.2. The zero-order valence-electron chi connectivity index (χ0n) is 28.6. The molecule has 0 saturated heterocycles. The van der Waals surface area contributed by atoms with Gasteiger partial charge in [0, 0.05) is 11.4 Å². The van der Waals surface area contributed by atoms with Gasteiger partial charge in [0.25, 0.3) is 0 Å². The third-order valence-corrected chi connectivity index (χ3v) is 14.4. The number of rotatable bonds is 9. The summed E-state index contributed by atoms with van der Waals surface area (Å²) >= 11 is 1.26. The summed E-state index contributed by atoms with van der Waals surface area (Å²) in [7, 11) is 1.40. The maximum absolute atomic E-state index is 12.6. The molecular weight excluding hydrogens is 584 g/mol. The van der Waals surface area contributed by atoms with Gasteiger partial charge in [-0.15, -0.1) is 0 Å². The fourth-order valence-electron chi connectivity index (χ4n) is 11.0. The van der Waals surface area contributed by atoms with E-state index in [-0.39, 0.29) is 41.0 Å². The molecule has 5 rings (SSSR count). The molecule has 4 fully saturated rings. The second-order valence-electron chi connectivity index (χ2n) is 16.0. The second-order valence-corrected chi connectivity index (χ2v) is 16.9. The van der Waals surface area contributed by atoms with Crippen molar-refractivity contribution in [1.29, 1.82) is 0 Å². The summed E-state index contributed by atoms with van der Waals surface area (Å²) in [5.41, 5.74) is 0.587. The van der Waals surface area contributed by atoms with Crippen LogP contribution in [0.25, 0.3) is 0 Å². The monoisotopic (exact) mass is 642 g/mol. The lowest BCUT2D eigenvalue weighted by Gasteiger charge is -2.64. The number of fused-ring (bicyclic) bond motifs is 5. The summed E-state index contributed by atoms with van der Waals surface area (Å²) in [6, 6.07) is 7.41. The molecule has 11 atom stereocenters. The first-order valence-corrected chi connectivity index (χ1v) is 18.3. The normalized spacial score (nSPS) is 38.3. The minimum atomic E-state index is -0.732. The van der Waals surface area contributed by atoms with Crippen molar-refractivity contribution in [1.82, 2.24) is 10.0 Å². The van der Waals surface area contributed by atoms with Gasteiger partial charge in [-0.2, -0.15) is 0 Å². The van der Waals surface area contributed by atoms with Crippen LogP contribution in [0, 0.1) is 52.3 Å². The lowest BCUT2D eigenvalue weighted by molar-refractivity contribution is -0.203. The van der Waals surface area contributed by atoms with Gasteiger partial charge in [-0.05, 0) is 147 Å². The van der Waals surface area contributed by atoms with Crippen molar-refractivity contribution < 1.29 is 24.5 Å². The van der Waals surface area contributed by atoms with E-state index in [1.54, 1.807) is 0 Å². The third kappa shape index (κ3) is 6.29. The molecule has 0 heterocycles. The molecule has 0 bridgehead atoms. The van der Waals surface area contributed by atoms with Crippen LogP contribution in [0.4, 0.5) is 4.79 Å². The van der Waals surface area contributed by atoms with E-state index in [1.165, 1.54) is 44.7 Å². The Morgan fingerprint density at radius 1 is 1.02 bits per heavy atom. The standard InChI is InChI=1S/C37H58N2O5S/c1-8-26-30-21-24(40)15-18-37(30,6)29-16-19-36(5)27(13-14-28(36)31(29)32(26)41)22(2)17-20-38-34(43)39-45-25-11-9-23(10-12-25)35(3,4)33(42)44-7/h9-12,22,24,26-32,40-41H,8,13-21H2,1-7H3,(H2,38,39,43)/t22-,24-,26-,27-,28+,29+,30+,31+,32-,36-,37-/m1/s1. The van der Waals surface area contributed by atoms with E-state index in [4.69, 9.17) is 4.74 Å². The van der Waals surface area contributed by atoms with Crippen LogP contribution in [-0.4, -0.2) is 48.1 Å². The van der Waals surface area contributed by atoms with Crippen LogP contribution in [0.2, 0.25) is 0 Å². The van der Waals surface area contributed by atoms with Crippen LogP contribution in [0.5, 0.6) is 0 Å². The summed E-state index contributed by atoms with van der Waals surface area (Å²) in [4.78, 5) is 25.6. The largest absolute Gasteiger partial charge is 0.468 e. The number of carbonyl (C=O) groups is 2. The number of benzene rings is 1. The molecule has 1 aromatic carbocycles. The number of esters is 1. The van der Waals surface area contributed by atoms with Gasteiger partial charge in [0.05, 0.1) is 24.7 Å². The maximum atomic E-state index is 12.6. The van der Waals surface area contributed by atoms with Crippen molar-refractivity contribution in [2.45, 2.75) is 122 Å². The Hall–Kier alpha value is -1.77. The molecule has 1 aromatic rings. The quantitative estimate of drug-likeness (QED) is 0.169. The molecule has 4 saturated carbocycles. The van der Waals surface area contributed by atoms with Crippen molar-refractivity contribution >= 4 is 23.9 Å². The predicted octanol–water partition coefficient (Wildman–Crippen LogP) is 7.10. The Labute approximate surface area is 275 Å². The number of hydrogen-bond donors (Lipinski definition) is 4. The number of hydrogen-bond acceptors (Lipinski definition) is 6. The van der Waals surface area contributed by atoms with Gasteiger partial charge >= 0.3 is 12.0 Å². The zero-order chi connectivity index (χ0) is 32.7. The van der Waals surface area contributed by atoms with E-state index in [0.717, 1.165) is 42.6 Å². The molecule has 252 valence electrons. The fraction of sp³-hybridized carbons (Fsp3) is 0.784. The highest BCUT2D eigenvalue weighted by Crippen LogP contribution is 2.69.